The van der Waals surface area contributed by atoms with Crippen LogP contribution in [0, 0.1) is 11.6 Å². The van der Waals surface area contributed by atoms with Crippen LogP contribution >= 0.6 is 22.9 Å². The molecule has 0 spiro atoms. The Hall–Kier alpha value is -1.72. The number of fused-ring (bicyclic) bond motifs is 1. The molecule has 0 atom stereocenters. The van der Waals surface area contributed by atoms with Crippen LogP contribution < -0.4 is 5.32 Å². The van der Waals surface area contributed by atoms with Gasteiger partial charge in [-0.25, -0.2) is 13.8 Å². The fourth-order valence-electron chi connectivity index (χ4n) is 1.95. The molecule has 3 aromatic rings. The number of benzene rings is 2. The van der Waals surface area contributed by atoms with Gasteiger partial charge in [-0.1, -0.05) is 17.7 Å². The zero-order chi connectivity index (χ0) is 14.1. The van der Waals surface area contributed by atoms with Gasteiger partial charge in [0.15, 0.2) is 0 Å². The highest BCUT2D eigenvalue weighted by molar-refractivity contribution is 7.16. The van der Waals surface area contributed by atoms with E-state index < -0.39 is 11.6 Å². The highest BCUT2D eigenvalue weighted by atomic mass is 35.5. The molecule has 2 nitrogen and oxygen atoms in total. The van der Waals surface area contributed by atoms with Gasteiger partial charge >= 0.3 is 0 Å². The Bertz CT molecular complexity index is 753. The molecule has 0 unspecified atom stereocenters. The van der Waals surface area contributed by atoms with Crippen molar-refractivity contribution in [3.05, 3.63) is 58.1 Å². The van der Waals surface area contributed by atoms with Crippen molar-refractivity contribution in [2.24, 2.45) is 0 Å². The third kappa shape index (κ3) is 2.34. The van der Waals surface area contributed by atoms with E-state index in [9.17, 15) is 8.78 Å². The number of thiazole rings is 1. The maximum absolute atomic E-state index is 13.6. The Morgan fingerprint density at radius 3 is 2.65 bits per heavy atom. The topological polar surface area (TPSA) is 24.9 Å². The molecule has 1 heterocycles. The molecule has 0 aliphatic heterocycles. The number of nitrogens with zero attached hydrogens (tertiary/aromatic N) is 1. The monoisotopic (exact) mass is 310 g/mol. The van der Waals surface area contributed by atoms with E-state index in [-0.39, 0.29) is 12.1 Å². The van der Waals surface area contributed by atoms with Crippen molar-refractivity contribution in [1.29, 1.82) is 0 Å². The molecule has 102 valence electrons. The molecular formula is C14H9ClF2N2S. The lowest BCUT2D eigenvalue weighted by Gasteiger charge is -2.10. The summed E-state index contributed by atoms with van der Waals surface area (Å²) in [7, 11) is 0. The summed E-state index contributed by atoms with van der Waals surface area (Å²) < 4.78 is 28.1. The van der Waals surface area contributed by atoms with Crippen molar-refractivity contribution >= 4 is 38.8 Å². The predicted molar refractivity (Wildman–Crippen MR) is 78.3 cm³/mol. The highest BCUT2D eigenvalue weighted by Crippen LogP contribution is 2.32. The Kier molecular flexibility index (Phi) is 3.54. The van der Waals surface area contributed by atoms with E-state index in [1.54, 1.807) is 11.6 Å². The van der Waals surface area contributed by atoms with Gasteiger partial charge in [0, 0.05) is 12.1 Å². The summed E-state index contributed by atoms with van der Waals surface area (Å²) in [6, 6.07) is 7.39. The molecule has 3 rings (SSSR count). The van der Waals surface area contributed by atoms with E-state index in [0.717, 1.165) is 4.70 Å². The first kappa shape index (κ1) is 13.3. The van der Waals surface area contributed by atoms with Gasteiger partial charge in [-0.15, -0.1) is 11.3 Å². The Labute approximate surface area is 123 Å². The summed E-state index contributed by atoms with van der Waals surface area (Å²) in [6.07, 6.45) is 0. The van der Waals surface area contributed by atoms with Crippen LogP contribution in [-0.4, -0.2) is 4.98 Å². The SMILES string of the molecule is Fc1cccc(F)c1CNc1c(Cl)ccc2scnc12. The number of aromatic nitrogens is 1. The Morgan fingerprint density at radius 1 is 1.15 bits per heavy atom. The van der Waals surface area contributed by atoms with Crippen LogP contribution in [0.2, 0.25) is 5.02 Å². The number of anilines is 1. The predicted octanol–water partition coefficient (Wildman–Crippen LogP) is 4.84. The molecule has 0 saturated carbocycles. The number of hydrogen-bond acceptors (Lipinski definition) is 3. The van der Waals surface area contributed by atoms with Gasteiger partial charge < -0.3 is 5.32 Å². The molecule has 1 N–H and O–H groups in total. The Balaban J connectivity index is 1.94. The first-order chi connectivity index (χ1) is 9.66. The zero-order valence-corrected chi connectivity index (χ0v) is 11.7. The quantitative estimate of drug-likeness (QED) is 0.748. The van der Waals surface area contributed by atoms with E-state index in [1.165, 1.54) is 29.5 Å². The highest BCUT2D eigenvalue weighted by Gasteiger charge is 2.12. The van der Waals surface area contributed by atoms with Crippen molar-refractivity contribution < 1.29 is 8.78 Å². The summed E-state index contributed by atoms with van der Waals surface area (Å²) in [5, 5.41) is 3.44. The van der Waals surface area contributed by atoms with Gasteiger partial charge in [-0.05, 0) is 24.3 Å². The first-order valence-electron chi connectivity index (χ1n) is 5.85. The molecule has 0 fully saturated rings. The van der Waals surface area contributed by atoms with Crippen molar-refractivity contribution in [1.82, 2.24) is 4.98 Å². The summed E-state index contributed by atoms with van der Waals surface area (Å²) in [5.41, 5.74) is 2.98. The van der Waals surface area contributed by atoms with E-state index in [2.05, 4.69) is 10.3 Å². The number of nitrogens with one attached hydrogen (secondary N) is 1. The molecule has 0 radical (unpaired) electrons. The summed E-state index contributed by atoms with van der Waals surface area (Å²) in [4.78, 5) is 4.22. The molecule has 0 aliphatic carbocycles. The summed E-state index contributed by atoms with van der Waals surface area (Å²) in [5.74, 6) is -1.17. The third-order valence-electron chi connectivity index (χ3n) is 2.96. The lowest BCUT2D eigenvalue weighted by Crippen LogP contribution is -2.05. The fourth-order valence-corrected chi connectivity index (χ4v) is 2.86. The van der Waals surface area contributed by atoms with Crippen LogP contribution in [0.15, 0.2) is 35.8 Å². The minimum atomic E-state index is -0.584. The molecule has 0 amide bonds. The van der Waals surface area contributed by atoms with Gasteiger partial charge in [0.1, 0.15) is 17.2 Å². The van der Waals surface area contributed by atoms with Crippen LogP contribution in [0.4, 0.5) is 14.5 Å². The molecule has 6 heteroatoms. The average molecular weight is 311 g/mol. The van der Waals surface area contributed by atoms with Crippen LogP contribution in [0.25, 0.3) is 10.2 Å². The van der Waals surface area contributed by atoms with Crippen molar-refractivity contribution in [2.75, 3.05) is 5.32 Å². The third-order valence-corrected chi connectivity index (χ3v) is 4.06. The maximum atomic E-state index is 13.6. The van der Waals surface area contributed by atoms with E-state index in [0.29, 0.717) is 16.2 Å². The second kappa shape index (κ2) is 5.34. The van der Waals surface area contributed by atoms with E-state index in [1.807, 2.05) is 6.07 Å². The van der Waals surface area contributed by atoms with Gasteiger partial charge in [-0.3, -0.25) is 0 Å². The molecular weight excluding hydrogens is 302 g/mol. The van der Waals surface area contributed by atoms with Crippen LogP contribution in [0.1, 0.15) is 5.56 Å². The van der Waals surface area contributed by atoms with Crippen molar-refractivity contribution in [3.8, 4) is 0 Å². The van der Waals surface area contributed by atoms with Crippen LogP contribution in [-0.2, 0) is 6.54 Å². The first-order valence-corrected chi connectivity index (χ1v) is 7.11. The van der Waals surface area contributed by atoms with E-state index >= 15 is 0 Å². The molecule has 1 aromatic heterocycles. The molecule has 0 bridgehead atoms. The molecule has 0 aliphatic rings. The molecule has 2 aromatic carbocycles. The smallest absolute Gasteiger partial charge is 0.131 e. The van der Waals surface area contributed by atoms with E-state index in [4.69, 9.17) is 11.6 Å². The molecule has 20 heavy (non-hydrogen) atoms. The normalized spacial score (nSPS) is 10.9. The van der Waals surface area contributed by atoms with Gasteiger partial charge in [-0.2, -0.15) is 0 Å². The number of rotatable bonds is 3. The van der Waals surface area contributed by atoms with Crippen LogP contribution in [0.5, 0.6) is 0 Å². The van der Waals surface area contributed by atoms with Crippen LogP contribution in [0.3, 0.4) is 0 Å². The number of halogens is 3. The second-order valence-corrected chi connectivity index (χ2v) is 5.47. The van der Waals surface area contributed by atoms with Gasteiger partial charge in [0.2, 0.25) is 0 Å². The number of hydrogen-bond donors (Lipinski definition) is 1. The van der Waals surface area contributed by atoms with Gasteiger partial charge in [0.25, 0.3) is 0 Å². The average Bonchev–Trinajstić information content (AvgIpc) is 2.88. The largest absolute Gasteiger partial charge is 0.378 e. The fraction of sp³-hybridized carbons (Fsp3) is 0.0714. The van der Waals surface area contributed by atoms with Crippen molar-refractivity contribution in [3.63, 3.8) is 0 Å². The maximum Gasteiger partial charge on any atom is 0.131 e. The minimum absolute atomic E-state index is 0.00880. The minimum Gasteiger partial charge on any atom is -0.378 e. The lowest BCUT2D eigenvalue weighted by molar-refractivity contribution is 0.560. The Morgan fingerprint density at radius 2 is 1.90 bits per heavy atom. The summed E-state index contributed by atoms with van der Waals surface area (Å²) in [6.45, 7) is 0.00880. The standard InChI is InChI=1S/C14H9ClF2N2S/c15-9-4-5-12-14(19-7-20-12)13(9)18-6-8-10(16)2-1-3-11(8)17/h1-5,7,18H,6H2. The lowest BCUT2D eigenvalue weighted by atomic mass is 10.2. The van der Waals surface area contributed by atoms with Crippen molar-refractivity contribution in [2.45, 2.75) is 6.54 Å². The zero-order valence-electron chi connectivity index (χ0n) is 10.2. The molecule has 0 saturated heterocycles. The second-order valence-electron chi connectivity index (χ2n) is 4.18. The van der Waals surface area contributed by atoms with Gasteiger partial charge in [0.05, 0.1) is 20.9 Å². The summed E-state index contributed by atoms with van der Waals surface area (Å²) >= 11 is 7.60.